The van der Waals surface area contributed by atoms with Gasteiger partial charge in [0.2, 0.25) is 0 Å². The highest BCUT2D eigenvalue weighted by Gasteiger charge is 2.30. The van der Waals surface area contributed by atoms with Crippen molar-refractivity contribution in [2.24, 2.45) is 0 Å². The summed E-state index contributed by atoms with van der Waals surface area (Å²) in [6.07, 6.45) is 1.38. The molecule has 0 saturated heterocycles. The van der Waals surface area contributed by atoms with Gasteiger partial charge in [0, 0.05) is 18.6 Å². The first kappa shape index (κ1) is 18.6. The normalized spacial score (nSPS) is 13.8. The first-order valence-corrected chi connectivity index (χ1v) is 7.78. The van der Waals surface area contributed by atoms with E-state index in [2.05, 4.69) is 5.32 Å². The third-order valence-electron chi connectivity index (χ3n) is 3.18. The maximum Gasteiger partial charge on any atom is 0.410 e. The van der Waals surface area contributed by atoms with Crippen LogP contribution >= 0.6 is 0 Å². The molecule has 22 heavy (non-hydrogen) atoms. The van der Waals surface area contributed by atoms with E-state index in [1.807, 2.05) is 60.6 Å². The van der Waals surface area contributed by atoms with Crippen molar-refractivity contribution in [2.45, 2.75) is 65.6 Å². The number of furan rings is 1. The Bertz CT molecular complexity index is 455. The van der Waals surface area contributed by atoms with Gasteiger partial charge in [-0.2, -0.15) is 0 Å². The molecule has 0 spiro atoms. The minimum Gasteiger partial charge on any atom is -0.468 e. The van der Waals surface area contributed by atoms with Crippen molar-refractivity contribution in [3.8, 4) is 0 Å². The monoisotopic (exact) mass is 310 g/mol. The van der Waals surface area contributed by atoms with E-state index in [9.17, 15) is 4.79 Å². The summed E-state index contributed by atoms with van der Waals surface area (Å²) in [7, 11) is 0. The highest BCUT2D eigenvalue weighted by Crippen LogP contribution is 2.18. The van der Waals surface area contributed by atoms with E-state index < -0.39 is 5.60 Å². The van der Waals surface area contributed by atoms with Gasteiger partial charge in [0.15, 0.2) is 0 Å². The number of nitrogens with one attached hydrogen (secondary N) is 1. The predicted octanol–water partition coefficient (Wildman–Crippen LogP) is 3.97. The molecule has 1 N–H and O–H groups in total. The van der Waals surface area contributed by atoms with Crippen LogP contribution in [0.1, 0.15) is 60.3 Å². The quantitative estimate of drug-likeness (QED) is 0.894. The van der Waals surface area contributed by atoms with Gasteiger partial charge in [-0.15, -0.1) is 0 Å². The zero-order valence-electron chi connectivity index (χ0n) is 14.9. The van der Waals surface area contributed by atoms with Gasteiger partial charge in [-0.05, 0) is 60.6 Å². The summed E-state index contributed by atoms with van der Waals surface area (Å²) in [6.45, 7) is 14.9. The molecule has 0 aromatic carbocycles. The molecule has 0 fully saturated rings. The van der Waals surface area contributed by atoms with Crippen molar-refractivity contribution in [2.75, 3.05) is 13.1 Å². The second-order valence-electron chi connectivity index (χ2n) is 7.49. The summed E-state index contributed by atoms with van der Waals surface area (Å²) in [5.74, 6) is 0.888. The Hall–Kier alpha value is -1.49. The molecule has 0 bridgehead atoms. The fourth-order valence-corrected chi connectivity index (χ4v) is 2.05. The number of nitrogens with zero attached hydrogens (tertiary/aromatic N) is 1. The van der Waals surface area contributed by atoms with Crippen molar-refractivity contribution >= 4 is 6.09 Å². The van der Waals surface area contributed by atoms with Crippen molar-refractivity contribution in [1.82, 2.24) is 10.2 Å². The summed E-state index contributed by atoms with van der Waals surface area (Å²) >= 11 is 0. The maximum absolute atomic E-state index is 12.4. The fourth-order valence-electron chi connectivity index (χ4n) is 2.05. The van der Waals surface area contributed by atoms with Gasteiger partial charge in [0.1, 0.15) is 11.4 Å². The van der Waals surface area contributed by atoms with E-state index in [4.69, 9.17) is 9.15 Å². The van der Waals surface area contributed by atoms with E-state index >= 15 is 0 Å². The van der Waals surface area contributed by atoms with Crippen molar-refractivity contribution in [3.05, 3.63) is 24.2 Å². The average molecular weight is 310 g/mol. The highest BCUT2D eigenvalue weighted by atomic mass is 16.6. The molecular formula is C17H30N2O3. The minimum absolute atomic E-state index is 0.107. The third kappa shape index (κ3) is 6.10. The van der Waals surface area contributed by atoms with Gasteiger partial charge >= 0.3 is 6.09 Å². The Labute approximate surface area is 134 Å². The van der Waals surface area contributed by atoms with E-state index in [0.717, 1.165) is 5.76 Å². The summed E-state index contributed by atoms with van der Waals surface area (Å²) in [6, 6.07) is 3.92. The second kappa shape index (κ2) is 7.18. The van der Waals surface area contributed by atoms with Crippen LogP contribution in [0.5, 0.6) is 0 Å². The lowest BCUT2D eigenvalue weighted by atomic mass is 10.1. The summed E-state index contributed by atoms with van der Waals surface area (Å²) < 4.78 is 10.9. The van der Waals surface area contributed by atoms with Crippen LogP contribution in [0, 0.1) is 0 Å². The maximum atomic E-state index is 12.4. The lowest BCUT2D eigenvalue weighted by Gasteiger charge is -2.37. The molecule has 1 heterocycles. The predicted molar refractivity (Wildman–Crippen MR) is 87.8 cm³/mol. The van der Waals surface area contributed by atoms with Crippen LogP contribution in [0.3, 0.4) is 0 Å². The fraction of sp³-hybridized carbons (Fsp3) is 0.706. The van der Waals surface area contributed by atoms with Gasteiger partial charge in [-0.3, -0.25) is 0 Å². The number of ether oxygens (including phenoxy) is 1. The van der Waals surface area contributed by atoms with Gasteiger partial charge in [0.05, 0.1) is 12.3 Å². The van der Waals surface area contributed by atoms with Gasteiger partial charge in [-0.1, -0.05) is 0 Å². The molecule has 0 radical (unpaired) electrons. The molecule has 0 aliphatic heterocycles. The van der Waals surface area contributed by atoms with Crippen LogP contribution in [0.4, 0.5) is 4.79 Å². The Balaban J connectivity index is 2.57. The molecule has 5 heteroatoms. The highest BCUT2D eigenvalue weighted by molar-refractivity contribution is 5.69. The summed E-state index contributed by atoms with van der Waals surface area (Å²) in [5.41, 5.74) is -0.784. The van der Waals surface area contributed by atoms with Crippen LogP contribution in [-0.2, 0) is 4.74 Å². The van der Waals surface area contributed by atoms with Gasteiger partial charge < -0.3 is 19.4 Å². The van der Waals surface area contributed by atoms with E-state index in [1.54, 1.807) is 11.2 Å². The van der Waals surface area contributed by atoms with Gasteiger partial charge in [0.25, 0.3) is 0 Å². The number of hydrogen-bond acceptors (Lipinski definition) is 4. The Morgan fingerprint density at radius 1 is 1.32 bits per heavy atom. The standard InChI is InChI=1S/C17H30N2O3/c1-13(14-9-8-12-21-14)18-10-11-19(16(2,3)4)15(20)22-17(5,6)7/h8-9,12-13,18H,10-11H2,1-7H3/t13-/m0/s1. The Morgan fingerprint density at radius 3 is 2.41 bits per heavy atom. The molecule has 1 aromatic heterocycles. The zero-order valence-corrected chi connectivity index (χ0v) is 14.9. The summed E-state index contributed by atoms with van der Waals surface area (Å²) in [4.78, 5) is 14.1. The second-order valence-corrected chi connectivity index (χ2v) is 7.49. The molecule has 1 atom stereocenters. The molecule has 1 rings (SSSR count). The van der Waals surface area contributed by atoms with Crippen molar-refractivity contribution in [3.63, 3.8) is 0 Å². The molecule has 1 aromatic rings. The smallest absolute Gasteiger partial charge is 0.410 e. The first-order valence-electron chi connectivity index (χ1n) is 7.78. The molecule has 0 saturated carbocycles. The van der Waals surface area contributed by atoms with Gasteiger partial charge in [-0.25, -0.2) is 4.79 Å². The molecular weight excluding hydrogens is 280 g/mol. The zero-order chi connectivity index (χ0) is 17.0. The topological polar surface area (TPSA) is 54.7 Å². The SMILES string of the molecule is C[C@H](NCCN(C(=O)OC(C)(C)C)C(C)(C)C)c1ccco1. The van der Waals surface area contributed by atoms with E-state index in [0.29, 0.717) is 13.1 Å². The van der Waals surface area contributed by atoms with Crippen LogP contribution in [0.25, 0.3) is 0 Å². The average Bonchev–Trinajstić information content (AvgIpc) is 2.83. The third-order valence-corrected chi connectivity index (χ3v) is 3.18. The molecule has 5 nitrogen and oxygen atoms in total. The molecule has 0 aliphatic carbocycles. The number of rotatable bonds is 5. The van der Waals surface area contributed by atoms with Crippen LogP contribution in [0.15, 0.2) is 22.8 Å². The largest absolute Gasteiger partial charge is 0.468 e. The van der Waals surface area contributed by atoms with Crippen LogP contribution < -0.4 is 5.32 Å². The molecule has 1 amide bonds. The summed E-state index contributed by atoms with van der Waals surface area (Å²) in [5, 5.41) is 3.36. The molecule has 126 valence electrons. The lowest BCUT2D eigenvalue weighted by molar-refractivity contribution is 0.00647. The first-order chi connectivity index (χ1) is 10.0. The molecule has 0 aliphatic rings. The van der Waals surface area contributed by atoms with E-state index in [1.165, 1.54) is 0 Å². The van der Waals surface area contributed by atoms with E-state index in [-0.39, 0.29) is 17.7 Å². The number of carbonyl (C=O) groups excluding carboxylic acids is 1. The Kier molecular flexibility index (Phi) is 6.06. The number of hydrogen-bond donors (Lipinski definition) is 1. The lowest BCUT2D eigenvalue weighted by Crippen LogP contribution is -2.50. The number of amides is 1. The van der Waals surface area contributed by atoms with Crippen molar-refractivity contribution in [1.29, 1.82) is 0 Å². The molecule has 0 unspecified atom stereocenters. The number of carbonyl (C=O) groups is 1. The minimum atomic E-state index is -0.491. The van der Waals surface area contributed by atoms with Crippen molar-refractivity contribution < 1.29 is 13.9 Å². The Morgan fingerprint density at radius 2 is 1.95 bits per heavy atom. The van der Waals surface area contributed by atoms with Crippen LogP contribution in [0.2, 0.25) is 0 Å². The van der Waals surface area contributed by atoms with Crippen LogP contribution in [-0.4, -0.2) is 35.2 Å².